The van der Waals surface area contributed by atoms with Crippen molar-refractivity contribution in [3.63, 3.8) is 0 Å². The van der Waals surface area contributed by atoms with Crippen LogP contribution in [0.5, 0.6) is 5.75 Å². The molecule has 0 aromatic carbocycles. The van der Waals surface area contributed by atoms with Crippen LogP contribution in [0.4, 0.5) is 13.2 Å². The lowest BCUT2D eigenvalue weighted by molar-refractivity contribution is -0.192. The Morgan fingerprint density at radius 1 is 1.20 bits per heavy atom. The van der Waals surface area contributed by atoms with Gasteiger partial charge in [-0.1, -0.05) is 6.07 Å². The third kappa shape index (κ3) is 5.41. The van der Waals surface area contributed by atoms with Crippen LogP contribution < -0.4 is 4.74 Å². The molecule has 1 spiro atoms. The van der Waals surface area contributed by atoms with Gasteiger partial charge in [0.05, 0.1) is 10.9 Å². The number of amides is 1. The maximum Gasteiger partial charge on any atom is 0.490 e. The normalized spacial score (nSPS) is 19.4. The van der Waals surface area contributed by atoms with E-state index >= 15 is 0 Å². The standard InChI is InChI=1S/C17H17N3O2S.C2HF3O2/c21-16(15-5-1-2-7-19-15)20-11-17(12-20)8-14(10-23-17)22-13-4-3-6-18-9-13;3-2(4,5)1(6)7/h1-7,9,14H,8,10-12H2;(H,6,7). The number of thioether (sulfide) groups is 1. The van der Waals surface area contributed by atoms with Crippen molar-refractivity contribution in [2.24, 2.45) is 0 Å². The van der Waals surface area contributed by atoms with Gasteiger partial charge in [0.2, 0.25) is 0 Å². The van der Waals surface area contributed by atoms with E-state index < -0.39 is 12.1 Å². The van der Waals surface area contributed by atoms with Crippen LogP contribution in [0.15, 0.2) is 48.9 Å². The predicted molar refractivity (Wildman–Crippen MR) is 102 cm³/mol. The van der Waals surface area contributed by atoms with Gasteiger partial charge < -0.3 is 14.7 Å². The van der Waals surface area contributed by atoms with Gasteiger partial charge >= 0.3 is 12.1 Å². The van der Waals surface area contributed by atoms with Crippen molar-refractivity contribution in [3.05, 3.63) is 54.6 Å². The van der Waals surface area contributed by atoms with Gasteiger partial charge in [0.25, 0.3) is 5.91 Å². The molecule has 1 unspecified atom stereocenters. The predicted octanol–water partition coefficient (Wildman–Crippen LogP) is 2.89. The second kappa shape index (κ2) is 8.90. The summed E-state index contributed by atoms with van der Waals surface area (Å²) >= 11 is 1.92. The number of pyridine rings is 2. The average Bonchev–Trinajstić information content (AvgIpc) is 3.12. The third-order valence-electron chi connectivity index (χ3n) is 4.48. The van der Waals surface area contributed by atoms with E-state index in [1.807, 2.05) is 40.9 Å². The highest BCUT2D eigenvalue weighted by molar-refractivity contribution is 8.01. The Hall–Kier alpha value is -2.82. The fraction of sp³-hybridized carbons (Fsp3) is 0.368. The molecule has 4 heterocycles. The first-order valence-corrected chi connectivity index (χ1v) is 9.88. The lowest BCUT2D eigenvalue weighted by Crippen LogP contribution is -2.60. The second-order valence-electron chi connectivity index (χ2n) is 6.81. The van der Waals surface area contributed by atoms with Gasteiger partial charge in [-0.2, -0.15) is 13.2 Å². The van der Waals surface area contributed by atoms with E-state index in [2.05, 4.69) is 9.97 Å². The molecular weight excluding hydrogens is 423 g/mol. The third-order valence-corrected chi connectivity index (χ3v) is 6.06. The Morgan fingerprint density at radius 3 is 2.50 bits per heavy atom. The monoisotopic (exact) mass is 441 g/mol. The number of nitrogens with zero attached hydrogens (tertiary/aromatic N) is 3. The number of ether oxygens (including phenoxy) is 1. The quantitative estimate of drug-likeness (QED) is 0.783. The van der Waals surface area contributed by atoms with Crippen molar-refractivity contribution in [1.29, 1.82) is 0 Å². The van der Waals surface area contributed by atoms with E-state index in [1.54, 1.807) is 24.7 Å². The zero-order valence-electron chi connectivity index (χ0n) is 15.6. The van der Waals surface area contributed by atoms with Gasteiger partial charge in [-0.05, 0) is 24.3 Å². The molecule has 30 heavy (non-hydrogen) atoms. The Labute approximate surface area is 174 Å². The minimum atomic E-state index is -5.08. The van der Waals surface area contributed by atoms with E-state index in [1.165, 1.54) is 0 Å². The van der Waals surface area contributed by atoms with Gasteiger partial charge in [-0.15, -0.1) is 11.8 Å². The van der Waals surface area contributed by atoms with E-state index in [9.17, 15) is 18.0 Å². The number of carbonyl (C=O) groups is 2. The minimum absolute atomic E-state index is 0.0217. The molecule has 2 aliphatic rings. The summed E-state index contributed by atoms with van der Waals surface area (Å²) in [6, 6.07) is 9.24. The summed E-state index contributed by atoms with van der Waals surface area (Å²) in [4.78, 5) is 31.3. The lowest BCUT2D eigenvalue weighted by Gasteiger charge is -2.47. The van der Waals surface area contributed by atoms with Crippen molar-refractivity contribution in [2.75, 3.05) is 18.8 Å². The Morgan fingerprint density at radius 2 is 1.93 bits per heavy atom. The summed E-state index contributed by atoms with van der Waals surface area (Å²) in [6.07, 6.45) is 1.22. The molecule has 0 saturated carbocycles. The molecule has 11 heteroatoms. The lowest BCUT2D eigenvalue weighted by atomic mass is 9.92. The van der Waals surface area contributed by atoms with Crippen LogP contribution in [0.3, 0.4) is 0 Å². The molecule has 0 bridgehead atoms. The number of carboxylic acids is 1. The molecule has 0 radical (unpaired) electrons. The van der Waals surface area contributed by atoms with Gasteiger partial charge in [0, 0.05) is 37.7 Å². The number of likely N-dealkylation sites (tertiary alicyclic amines) is 1. The van der Waals surface area contributed by atoms with Crippen LogP contribution in [0.25, 0.3) is 0 Å². The molecule has 2 saturated heterocycles. The zero-order chi connectivity index (χ0) is 21.8. The molecule has 0 aliphatic carbocycles. The highest BCUT2D eigenvalue weighted by atomic mass is 32.2. The second-order valence-corrected chi connectivity index (χ2v) is 8.29. The van der Waals surface area contributed by atoms with E-state index in [0.29, 0.717) is 5.69 Å². The smallest absolute Gasteiger partial charge is 0.488 e. The average molecular weight is 441 g/mol. The number of hydrogen-bond acceptors (Lipinski definition) is 6. The SMILES string of the molecule is O=C(O)C(F)(F)F.O=C(c1ccccn1)N1CC2(CC(Oc3cccnc3)CS2)C1. The molecule has 2 fully saturated rings. The molecule has 160 valence electrons. The number of hydrogen-bond donors (Lipinski definition) is 1. The van der Waals surface area contributed by atoms with Crippen LogP contribution in [0.1, 0.15) is 16.9 Å². The fourth-order valence-corrected chi connectivity index (χ4v) is 4.68. The van der Waals surface area contributed by atoms with Gasteiger partial charge in [0.15, 0.2) is 0 Å². The number of alkyl halides is 3. The van der Waals surface area contributed by atoms with Gasteiger partial charge in [-0.25, -0.2) is 4.79 Å². The highest BCUT2D eigenvalue weighted by Gasteiger charge is 2.51. The summed E-state index contributed by atoms with van der Waals surface area (Å²) < 4.78 is 37.9. The Bertz CT molecular complexity index is 878. The number of rotatable bonds is 3. The molecule has 7 nitrogen and oxygen atoms in total. The maximum atomic E-state index is 12.4. The van der Waals surface area contributed by atoms with Crippen LogP contribution in [0, 0.1) is 0 Å². The van der Waals surface area contributed by atoms with Crippen LogP contribution >= 0.6 is 11.8 Å². The van der Waals surface area contributed by atoms with Crippen molar-refractivity contribution in [1.82, 2.24) is 14.9 Å². The summed E-state index contributed by atoms with van der Waals surface area (Å²) in [5.41, 5.74) is 0.522. The van der Waals surface area contributed by atoms with E-state index in [4.69, 9.17) is 14.6 Å². The first-order valence-electron chi connectivity index (χ1n) is 8.90. The van der Waals surface area contributed by atoms with Crippen LogP contribution in [0.2, 0.25) is 0 Å². The summed E-state index contributed by atoms with van der Waals surface area (Å²) in [5.74, 6) is -0.961. The number of carboxylic acid groups (broad SMARTS) is 1. The Kier molecular flexibility index (Phi) is 6.49. The summed E-state index contributed by atoms with van der Waals surface area (Å²) in [6.45, 7) is 1.56. The molecule has 1 atom stereocenters. The molecule has 2 aliphatic heterocycles. The molecule has 2 aromatic heterocycles. The largest absolute Gasteiger partial charge is 0.490 e. The number of aliphatic carboxylic acids is 1. The summed E-state index contributed by atoms with van der Waals surface area (Å²) in [5, 5.41) is 7.12. The molecule has 2 aromatic rings. The number of carbonyl (C=O) groups excluding carboxylic acids is 1. The van der Waals surface area contributed by atoms with Crippen molar-refractivity contribution in [2.45, 2.75) is 23.4 Å². The maximum absolute atomic E-state index is 12.4. The van der Waals surface area contributed by atoms with Gasteiger partial charge in [0.1, 0.15) is 17.5 Å². The number of aromatic nitrogens is 2. The molecule has 4 rings (SSSR count). The van der Waals surface area contributed by atoms with E-state index in [-0.39, 0.29) is 16.8 Å². The van der Waals surface area contributed by atoms with Crippen molar-refractivity contribution < 1.29 is 32.6 Å². The zero-order valence-corrected chi connectivity index (χ0v) is 16.4. The minimum Gasteiger partial charge on any atom is -0.488 e. The van der Waals surface area contributed by atoms with Crippen LogP contribution in [-0.2, 0) is 4.79 Å². The summed E-state index contributed by atoms with van der Waals surface area (Å²) in [7, 11) is 0. The van der Waals surface area contributed by atoms with Crippen molar-refractivity contribution >= 4 is 23.6 Å². The molecule has 1 N–H and O–H groups in total. The Balaban J connectivity index is 0.000000318. The first kappa shape index (κ1) is 21.9. The fourth-order valence-electron chi connectivity index (χ4n) is 3.15. The highest BCUT2D eigenvalue weighted by Crippen LogP contribution is 2.46. The topological polar surface area (TPSA) is 92.6 Å². The van der Waals surface area contributed by atoms with Gasteiger partial charge in [-0.3, -0.25) is 14.8 Å². The molecular formula is C19H18F3N3O4S. The first-order chi connectivity index (χ1) is 14.2. The number of halogens is 3. The van der Waals surface area contributed by atoms with Crippen molar-refractivity contribution in [3.8, 4) is 5.75 Å². The van der Waals surface area contributed by atoms with E-state index in [0.717, 1.165) is 31.0 Å². The molecule has 1 amide bonds. The van der Waals surface area contributed by atoms with Crippen LogP contribution in [-0.4, -0.2) is 67.7 Å².